The molecule has 0 aliphatic rings. The molecule has 0 fully saturated rings. The minimum atomic E-state index is -0.944. The molecule has 1 N–H and O–H groups in total. The lowest BCUT2D eigenvalue weighted by atomic mass is 9.99. The van der Waals surface area contributed by atoms with Gasteiger partial charge in [0, 0.05) is 6.42 Å². The highest BCUT2D eigenvalue weighted by Gasteiger charge is 2.22. The van der Waals surface area contributed by atoms with Crippen LogP contribution in [-0.2, 0) is 18.5 Å². The van der Waals surface area contributed by atoms with Gasteiger partial charge in [-0.2, -0.15) is 5.10 Å². The molecule has 182 valence electrons. The molecular weight excluding hydrogens is 426 g/mol. The molecule has 0 saturated heterocycles. The van der Waals surface area contributed by atoms with Gasteiger partial charge < -0.3 is 5.11 Å². The van der Waals surface area contributed by atoms with Crippen molar-refractivity contribution in [2.45, 2.75) is 84.7 Å². The van der Waals surface area contributed by atoms with Crippen LogP contribution in [0.15, 0.2) is 53.3 Å². The first-order valence-electron chi connectivity index (χ1n) is 12.3. The molecule has 0 unspecified atom stereocenters. The third kappa shape index (κ3) is 6.25. The molecule has 6 nitrogen and oxygen atoms in total. The van der Waals surface area contributed by atoms with Gasteiger partial charge in [-0.25, -0.2) is 14.3 Å². The monoisotopic (exact) mass is 463 g/mol. The molecule has 0 bridgehead atoms. The number of carboxylic acid groups (broad SMARTS) is 1. The maximum absolute atomic E-state index is 13.2. The van der Waals surface area contributed by atoms with Crippen molar-refractivity contribution in [3.05, 3.63) is 76.0 Å². The summed E-state index contributed by atoms with van der Waals surface area (Å²) >= 11 is 0. The van der Waals surface area contributed by atoms with E-state index in [-0.39, 0.29) is 16.8 Å². The average molecular weight is 464 g/mol. The van der Waals surface area contributed by atoms with Crippen LogP contribution in [-0.4, -0.2) is 25.4 Å². The normalized spacial score (nSPS) is 11.6. The number of hydrogen-bond acceptors (Lipinski definition) is 3. The summed E-state index contributed by atoms with van der Waals surface area (Å²) in [6.45, 7) is 8.65. The van der Waals surface area contributed by atoms with Gasteiger partial charge in [-0.3, -0.25) is 4.57 Å². The van der Waals surface area contributed by atoms with Crippen LogP contribution in [0.4, 0.5) is 0 Å². The third-order valence-corrected chi connectivity index (χ3v) is 6.09. The molecule has 3 aromatic rings. The number of nitrogens with zero attached hydrogens (tertiary/aromatic N) is 3. The van der Waals surface area contributed by atoms with Crippen molar-refractivity contribution in [2.75, 3.05) is 0 Å². The summed E-state index contributed by atoms with van der Waals surface area (Å²) in [5, 5.41) is 14.2. The first-order valence-corrected chi connectivity index (χ1v) is 12.3. The second-order valence-corrected chi connectivity index (χ2v) is 9.93. The fraction of sp³-hybridized carbons (Fsp3) is 0.464. The maximum Gasteiger partial charge on any atom is 0.346 e. The van der Waals surface area contributed by atoms with E-state index in [0.29, 0.717) is 12.1 Å². The zero-order chi connectivity index (χ0) is 24.7. The summed E-state index contributed by atoms with van der Waals surface area (Å²) in [5.41, 5.74) is 2.31. The van der Waals surface area contributed by atoms with E-state index in [4.69, 9.17) is 5.10 Å². The number of unbranched alkanes of at least 4 members (excludes halogenated alkanes) is 5. The van der Waals surface area contributed by atoms with Gasteiger partial charge in [-0.1, -0.05) is 81.5 Å². The van der Waals surface area contributed by atoms with E-state index >= 15 is 0 Å². The smallest absolute Gasteiger partial charge is 0.346 e. The summed E-state index contributed by atoms with van der Waals surface area (Å²) in [4.78, 5) is 24.8. The summed E-state index contributed by atoms with van der Waals surface area (Å²) in [7, 11) is 0. The van der Waals surface area contributed by atoms with Crippen molar-refractivity contribution >= 4 is 5.97 Å². The minimum Gasteiger partial charge on any atom is -0.478 e. The van der Waals surface area contributed by atoms with Gasteiger partial charge in [0.2, 0.25) is 0 Å². The largest absolute Gasteiger partial charge is 0.478 e. The van der Waals surface area contributed by atoms with Gasteiger partial charge >= 0.3 is 11.7 Å². The zero-order valence-corrected chi connectivity index (χ0v) is 20.9. The van der Waals surface area contributed by atoms with Gasteiger partial charge in [0.25, 0.3) is 0 Å². The van der Waals surface area contributed by atoms with Gasteiger partial charge in [-0.05, 0) is 49.9 Å². The molecule has 0 spiro atoms. The quantitative estimate of drug-likeness (QED) is 0.348. The Hall–Kier alpha value is -3.15. The molecule has 0 aliphatic carbocycles. The Labute approximate surface area is 202 Å². The van der Waals surface area contributed by atoms with E-state index in [1.54, 1.807) is 21.4 Å². The van der Waals surface area contributed by atoms with Crippen LogP contribution in [0, 0.1) is 0 Å². The molecule has 0 saturated carbocycles. The lowest BCUT2D eigenvalue weighted by Crippen LogP contribution is -2.36. The van der Waals surface area contributed by atoms with Crippen LogP contribution in [0.3, 0.4) is 0 Å². The van der Waals surface area contributed by atoms with E-state index in [1.165, 1.54) is 25.7 Å². The number of carbonyl (C=O) groups is 1. The van der Waals surface area contributed by atoms with Crippen molar-refractivity contribution in [1.82, 2.24) is 14.3 Å². The number of aromatic nitrogens is 3. The summed E-state index contributed by atoms with van der Waals surface area (Å²) in [6.07, 6.45) is 7.94. The first kappa shape index (κ1) is 25.5. The Kier molecular flexibility index (Phi) is 8.48. The second kappa shape index (κ2) is 11.3. The average Bonchev–Trinajstić information content (AvgIpc) is 3.12. The van der Waals surface area contributed by atoms with Gasteiger partial charge in [0.1, 0.15) is 5.82 Å². The zero-order valence-electron chi connectivity index (χ0n) is 20.9. The molecule has 3 rings (SSSR count). The fourth-order valence-electron chi connectivity index (χ4n) is 4.17. The lowest BCUT2D eigenvalue weighted by Gasteiger charge is -2.16. The van der Waals surface area contributed by atoms with Crippen LogP contribution < -0.4 is 5.69 Å². The fourth-order valence-corrected chi connectivity index (χ4v) is 4.17. The van der Waals surface area contributed by atoms with Gasteiger partial charge in [0.05, 0.1) is 17.6 Å². The molecule has 2 aromatic carbocycles. The molecule has 0 atom stereocenters. The van der Waals surface area contributed by atoms with Crippen molar-refractivity contribution in [3.63, 3.8) is 0 Å². The molecular formula is C28H37N3O3. The molecule has 1 heterocycles. The third-order valence-electron chi connectivity index (χ3n) is 6.09. The number of rotatable bonds is 11. The first-order chi connectivity index (χ1) is 16.2. The van der Waals surface area contributed by atoms with Crippen LogP contribution in [0.5, 0.6) is 0 Å². The van der Waals surface area contributed by atoms with E-state index in [2.05, 4.69) is 6.92 Å². The molecule has 6 heteroatoms. The molecule has 0 aliphatic heterocycles. The Morgan fingerprint density at radius 1 is 0.941 bits per heavy atom. The highest BCUT2D eigenvalue weighted by atomic mass is 16.4. The van der Waals surface area contributed by atoms with Crippen molar-refractivity contribution in [2.24, 2.45) is 0 Å². The Morgan fingerprint density at radius 2 is 1.59 bits per heavy atom. The van der Waals surface area contributed by atoms with Crippen LogP contribution in [0.25, 0.3) is 11.1 Å². The molecule has 34 heavy (non-hydrogen) atoms. The standard InChI is InChI=1S/C28H37N3O3/c1-5-6-7-8-9-10-15-25-29-31(28(2,3)4)27(34)30(25)20-21-16-18-22(19-17-21)23-13-11-12-14-24(23)26(32)33/h11-14,16-19H,5-10,15,20H2,1-4H3,(H,32,33). The van der Waals surface area contributed by atoms with E-state index in [9.17, 15) is 14.7 Å². The van der Waals surface area contributed by atoms with Crippen LogP contribution in [0.1, 0.15) is 88.0 Å². The number of benzene rings is 2. The number of hydrogen-bond donors (Lipinski definition) is 1. The Bertz CT molecular complexity index is 1150. The second-order valence-electron chi connectivity index (χ2n) is 9.93. The van der Waals surface area contributed by atoms with Crippen molar-refractivity contribution in [3.8, 4) is 11.1 Å². The SMILES string of the molecule is CCCCCCCCc1nn(C(C)(C)C)c(=O)n1Cc1ccc(-c2ccccc2C(=O)O)cc1. The lowest BCUT2D eigenvalue weighted by molar-refractivity contribution is 0.0697. The Balaban J connectivity index is 1.82. The highest BCUT2D eigenvalue weighted by Crippen LogP contribution is 2.24. The summed E-state index contributed by atoms with van der Waals surface area (Å²) in [6, 6.07) is 14.8. The molecule has 0 radical (unpaired) electrons. The van der Waals surface area contributed by atoms with Crippen molar-refractivity contribution in [1.29, 1.82) is 0 Å². The molecule has 1 aromatic heterocycles. The molecule has 0 amide bonds. The number of aryl methyl sites for hydroxylation is 1. The highest BCUT2D eigenvalue weighted by molar-refractivity contribution is 5.95. The summed E-state index contributed by atoms with van der Waals surface area (Å²) < 4.78 is 3.38. The predicted octanol–water partition coefficient (Wildman–Crippen LogP) is 6.12. The topological polar surface area (TPSA) is 77.1 Å². The van der Waals surface area contributed by atoms with E-state index in [1.807, 2.05) is 57.2 Å². The van der Waals surface area contributed by atoms with E-state index < -0.39 is 5.97 Å². The Morgan fingerprint density at radius 3 is 2.24 bits per heavy atom. The van der Waals surface area contributed by atoms with E-state index in [0.717, 1.165) is 36.2 Å². The summed E-state index contributed by atoms with van der Waals surface area (Å²) in [5.74, 6) is -0.115. The maximum atomic E-state index is 13.2. The van der Waals surface area contributed by atoms with Crippen LogP contribution in [0.2, 0.25) is 0 Å². The van der Waals surface area contributed by atoms with Crippen molar-refractivity contribution < 1.29 is 9.90 Å². The van der Waals surface area contributed by atoms with Crippen LogP contribution >= 0.6 is 0 Å². The predicted molar refractivity (Wildman–Crippen MR) is 137 cm³/mol. The van der Waals surface area contributed by atoms with Gasteiger partial charge in [-0.15, -0.1) is 0 Å². The van der Waals surface area contributed by atoms with Gasteiger partial charge in [0.15, 0.2) is 0 Å². The minimum absolute atomic E-state index is 0.0891. The number of carboxylic acids is 1. The number of aromatic carboxylic acids is 1.